The summed E-state index contributed by atoms with van der Waals surface area (Å²) in [5.41, 5.74) is 2.21. The summed E-state index contributed by atoms with van der Waals surface area (Å²) in [5, 5.41) is 3.26. The summed E-state index contributed by atoms with van der Waals surface area (Å²) in [4.78, 5) is 16.5. The number of pyridine rings is 1. The van der Waals surface area contributed by atoms with Gasteiger partial charge in [-0.15, -0.1) is 0 Å². The van der Waals surface area contributed by atoms with Crippen molar-refractivity contribution in [2.75, 3.05) is 10.0 Å². The highest BCUT2D eigenvalue weighted by Gasteiger charge is 2.18. The highest BCUT2D eigenvalue weighted by Crippen LogP contribution is 2.24. The van der Waals surface area contributed by atoms with Gasteiger partial charge in [0.25, 0.3) is 10.0 Å². The number of amides is 1. The lowest BCUT2D eigenvalue weighted by molar-refractivity contribution is -0.116. The second-order valence-electron chi connectivity index (χ2n) is 6.46. The highest BCUT2D eigenvalue weighted by atomic mass is 35.5. The van der Waals surface area contributed by atoms with Crippen molar-refractivity contribution in [1.82, 2.24) is 4.98 Å². The van der Waals surface area contributed by atoms with Crippen molar-refractivity contribution in [2.45, 2.75) is 24.7 Å². The monoisotopic (exact) mass is 429 g/mol. The zero-order valence-electron chi connectivity index (χ0n) is 15.7. The zero-order chi connectivity index (χ0) is 20.9. The van der Waals surface area contributed by atoms with Gasteiger partial charge in [0.15, 0.2) is 0 Å². The Bertz CT molecular complexity index is 1100. The molecule has 0 aliphatic heterocycles. The van der Waals surface area contributed by atoms with E-state index in [0.29, 0.717) is 28.4 Å². The Kier molecular flexibility index (Phi) is 6.51. The topological polar surface area (TPSA) is 88.2 Å². The van der Waals surface area contributed by atoms with Crippen molar-refractivity contribution in [3.63, 3.8) is 0 Å². The normalized spacial score (nSPS) is 11.1. The number of benzene rings is 2. The second kappa shape index (κ2) is 9.07. The third-order valence-electron chi connectivity index (χ3n) is 4.19. The molecule has 1 heterocycles. The van der Waals surface area contributed by atoms with Gasteiger partial charge in [0.2, 0.25) is 5.91 Å². The van der Waals surface area contributed by atoms with E-state index in [4.69, 9.17) is 11.6 Å². The van der Waals surface area contributed by atoms with E-state index in [9.17, 15) is 13.2 Å². The van der Waals surface area contributed by atoms with Crippen LogP contribution in [-0.2, 0) is 21.2 Å². The molecule has 0 aliphatic carbocycles. The molecule has 29 heavy (non-hydrogen) atoms. The lowest BCUT2D eigenvalue weighted by atomic mass is 10.2. The molecule has 0 spiro atoms. The van der Waals surface area contributed by atoms with Crippen molar-refractivity contribution in [1.29, 1.82) is 0 Å². The van der Waals surface area contributed by atoms with Gasteiger partial charge >= 0.3 is 0 Å². The van der Waals surface area contributed by atoms with Crippen LogP contribution < -0.4 is 10.0 Å². The fourth-order valence-electron chi connectivity index (χ4n) is 2.71. The van der Waals surface area contributed by atoms with Crippen LogP contribution in [0.25, 0.3) is 0 Å². The van der Waals surface area contributed by atoms with Crippen LogP contribution in [0.4, 0.5) is 11.4 Å². The molecule has 0 bridgehead atoms. The second-order valence-corrected chi connectivity index (χ2v) is 8.55. The molecule has 0 saturated carbocycles. The van der Waals surface area contributed by atoms with Crippen molar-refractivity contribution < 1.29 is 13.2 Å². The van der Waals surface area contributed by atoms with Crippen LogP contribution in [0.5, 0.6) is 0 Å². The fourth-order valence-corrected chi connectivity index (χ4v) is 4.16. The third-order valence-corrected chi connectivity index (χ3v) is 5.97. The number of carbonyl (C=O) groups excluding carboxylic acids is 1. The van der Waals surface area contributed by atoms with Crippen LogP contribution in [0.1, 0.15) is 17.7 Å². The minimum atomic E-state index is -3.82. The van der Waals surface area contributed by atoms with Crippen LogP contribution in [0, 0.1) is 6.92 Å². The molecule has 0 unspecified atom stereocenters. The van der Waals surface area contributed by atoms with Gasteiger partial charge in [-0.3, -0.25) is 14.5 Å². The molecule has 2 aromatic carbocycles. The number of hydrogen-bond acceptors (Lipinski definition) is 4. The van der Waals surface area contributed by atoms with Gasteiger partial charge in [-0.1, -0.05) is 23.7 Å². The van der Waals surface area contributed by atoms with Gasteiger partial charge in [-0.2, -0.15) is 0 Å². The molecule has 0 radical (unpaired) electrons. The first-order valence-corrected chi connectivity index (χ1v) is 10.8. The highest BCUT2D eigenvalue weighted by molar-refractivity contribution is 7.92. The predicted molar refractivity (Wildman–Crippen MR) is 115 cm³/mol. The van der Waals surface area contributed by atoms with Gasteiger partial charge in [0, 0.05) is 34.7 Å². The third kappa shape index (κ3) is 5.79. The SMILES string of the molecule is Cc1ccc(NC(=O)CCc2ccccn2)cc1S(=O)(=O)Nc1ccc(Cl)cc1. The van der Waals surface area contributed by atoms with Gasteiger partial charge in [-0.25, -0.2) is 8.42 Å². The standard InChI is InChI=1S/C21H20ClN3O3S/c1-15-5-8-19(24-21(26)12-11-17-4-2-3-13-23-17)14-20(15)29(27,28)25-18-9-6-16(22)7-10-18/h2-10,13-14,25H,11-12H2,1H3,(H,24,26). The van der Waals surface area contributed by atoms with Crippen LogP contribution in [-0.4, -0.2) is 19.3 Å². The average Bonchev–Trinajstić information content (AvgIpc) is 2.70. The first-order valence-electron chi connectivity index (χ1n) is 8.92. The zero-order valence-corrected chi connectivity index (χ0v) is 17.3. The molecule has 0 saturated heterocycles. The van der Waals surface area contributed by atoms with E-state index in [1.54, 1.807) is 49.5 Å². The van der Waals surface area contributed by atoms with Gasteiger partial charge < -0.3 is 5.32 Å². The van der Waals surface area contributed by atoms with E-state index in [1.165, 1.54) is 6.07 Å². The molecule has 0 atom stereocenters. The largest absolute Gasteiger partial charge is 0.326 e. The number of halogens is 1. The van der Waals surface area contributed by atoms with Crippen LogP contribution in [0.2, 0.25) is 5.02 Å². The van der Waals surface area contributed by atoms with Crippen molar-refractivity contribution in [2.24, 2.45) is 0 Å². The Morgan fingerprint density at radius 3 is 2.45 bits per heavy atom. The maximum absolute atomic E-state index is 12.8. The van der Waals surface area contributed by atoms with E-state index in [2.05, 4.69) is 15.0 Å². The number of anilines is 2. The van der Waals surface area contributed by atoms with Crippen molar-refractivity contribution in [3.8, 4) is 0 Å². The summed E-state index contributed by atoms with van der Waals surface area (Å²) in [5.74, 6) is -0.214. The molecule has 0 fully saturated rings. The Morgan fingerprint density at radius 2 is 1.76 bits per heavy atom. The number of sulfonamides is 1. The Hall–Kier alpha value is -2.90. The number of hydrogen-bond donors (Lipinski definition) is 2. The number of aryl methyl sites for hydroxylation is 2. The maximum Gasteiger partial charge on any atom is 0.262 e. The Labute approximate surface area is 175 Å². The number of nitrogens with zero attached hydrogens (tertiary/aromatic N) is 1. The summed E-state index contributed by atoms with van der Waals surface area (Å²) < 4.78 is 28.1. The summed E-state index contributed by atoms with van der Waals surface area (Å²) in [6.07, 6.45) is 2.43. The van der Waals surface area contributed by atoms with Gasteiger partial charge in [0.1, 0.15) is 0 Å². The molecular weight excluding hydrogens is 410 g/mol. The van der Waals surface area contributed by atoms with Crippen molar-refractivity contribution >= 4 is 38.9 Å². The number of nitrogens with one attached hydrogen (secondary N) is 2. The minimum absolute atomic E-state index is 0.0926. The summed E-state index contributed by atoms with van der Waals surface area (Å²) in [6, 6.07) is 16.7. The molecular formula is C21H20ClN3O3S. The molecule has 2 N–H and O–H groups in total. The molecule has 8 heteroatoms. The summed E-state index contributed by atoms with van der Waals surface area (Å²) in [6.45, 7) is 1.70. The van der Waals surface area contributed by atoms with Crippen LogP contribution >= 0.6 is 11.6 Å². The molecule has 150 valence electrons. The lowest BCUT2D eigenvalue weighted by Crippen LogP contribution is -2.16. The molecule has 3 rings (SSSR count). The molecule has 0 aliphatic rings. The average molecular weight is 430 g/mol. The quantitative estimate of drug-likeness (QED) is 0.582. The van der Waals surface area contributed by atoms with Gasteiger partial charge in [0.05, 0.1) is 4.90 Å². The molecule has 3 aromatic rings. The number of carbonyl (C=O) groups is 1. The smallest absolute Gasteiger partial charge is 0.262 e. The predicted octanol–water partition coefficient (Wildman–Crippen LogP) is 4.42. The van der Waals surface area contributed by atoms with Crippen LogP contribution in [0.15, 0.2) is 71.8 Å². The fraction of sp³-hybridized carbons (Fsp3) is 0.143. The van der Waals surface area contributed by atoms with Gasteiger partial charge in [-0.05, 0) is 67.4 Å². The first kappa shape index (κ1) is 20.8. The van der Waals surface area contributed by atoms with E-state index >= 15 is 0 Å². The summed E-state index contributed by atoms with van der Waals surface area (Å²) in [7, 11) is -3.82. The molecule has 1 aromatic heterocycles. The summed E-state index contributed by atoms with van der Waals surface area (Å²) >= 11 is 5.84. The van der Waals surface area contributed by atoms with Crippen LogP contribution in [0.3, 0.4) is 0 Å². The maximum atomic E-state index is 12.8. The minimum Gasteiger partial charge on any atom is -0.326 e. The first-order chi connectivity index (χ1) is 13.8. The number of rotatable bonds is 7. The van der Waals surface area contributed by atoms with E-state index < -0.39 is 10.0 Å². The Morgan fingerprint density at radius 1 is 1.03 bits per heavy atom. The van der Waals surface area contributed by atoms with Crippen molar-refractivity contribution in [3.05, 3.63) is 83.1 Å². The van der Waals surface area contributed by atoms with E-state index in [1.807, 2.05) is 18.2 Å². The lowest BCUT2D eigenvalue weighted by Gasteiger charge is -2.13. The molecule has 6 nitrogen and oxygen atoms in total. The number of aromatic nitrogens is 1. The van der Waals surface area contributed by atoms with E-state index in [-0.39, 0.29) is 17.2 Å². The van der Waals surface area contributed by atoms with E-state index in [0.717, 1.165) is 5.69 Å². The molecule has 1 amide bonds. The Balaban J connectivity index is 1.71.